The number of carbonyl (C=O) groups is 1. The molecule has 0 spiro atoms. The van der Waals surface area contributed by atoms with E-state index in [1.807, 2.05) is 0 Å². The van der Waals surface area contributed by atoms with Crippen LogP contribution in [-0.2, 0) is 11.0 Å². The van der Waals surface area contributed by atoms with Crippen LogP contribution in [0.25, 0.3) is 16.9 Å². The predicted octanol–water partition coefficient (Wildman–Crippen LogP) is 6.43. The molecule has 3 rings (SSSR count). The van der Waals surface area contributed by atoms with Crippen LogP contribution in [0.3, 0.4) is 0 Å². The van der Waals surface area contributed by atoms with Gasteiger partial charge in [0.05, 0.1) is 16.3 Å². The average Bonchev–Trinajstić information content (AvgIpc) is 3.02. The van der Waals surface area contributed by atoms with Gasteiger partial charge in [0.25, 0.3) is 0 Å². The molecule has 0 radical (unpaired) electrons. The minimum absolute atomic E-state index is 0.0992. The number of ketones is 1. The van der Waals surface area contributed by atoms with Gasteiger partial charge in [0, 0.05) is 12.8 Å². The van der Waals surface area contributed by atoms with Crippen molar-refractivity contribution in [3.8, 4) is 11.4 Å². The summed E-state index contributed by atoms with van der Waals surface area (Å²) in [6.07, 6.45) is -8.79. The summed E-state index contributed by atoms with van der Waals surface area (Å²) in [4.78, 5) is 18.3. The van der Waals surface area contributed by atoms with Gasteiger partial charge in [-0.15, -0.1) is 13.2 Å². The number of hydrogen-bond donors (Lipinski definition) is 1. The molecule has 1 N–H and O–H groups in total. The Bertz CT molecular complexity index is 1200. The zero-order valence-corrected chi connectivity index (χ0v) is 19.8. The predicted molar refractivity (Wildman–Crippen MR) is 117 cm³/mol. The third-order valence-electron chi connectivity index (χ3n) is 4.39. The molecule has 3 aromatic rings. The molecule has 0 aliphatic carbocycles. The maximum absolute atomic E-state index is 12.9. The highest BCUT2D eigenvalue weighted by atomic mass is 35.5. The van der Waals surface area contributed by atoms with E-state index in [2.05, 4.69) is 14.7 Å². The van der Waals surface area contributed by atoms with E-state index in [4.69, 9.17) is 16.7 Å². The van der Waals surface area contributed by atoms with Crippen LogP contribution in [0.5, 0.6) is 5.75 Å². The van der Waals surface area contributed by atoms with E-state index in [-0.39, 0.29) is 39.9 Å². The number of nitrogens with zero attached hydrogens (tertiary/aromatic N) is 3. The van der Waals surface area contributed by atoms with Crippen LogP contribution in [0.2, 0.25) is 5.02 Å². The van der Waals surface area contributed by atoms with Crippen LogP contribution in [0, 0.1) is 6.92 Å². The number of aryl methyl sites for hydroxylation is 1. The Morgan fingerprint density at radius 3 is 2.17 bits per heavy atom. The van der Waals surface area contributed by atoms with Crippen molar-refractivity contribution in [1.82, 2.24) is 14.5 Å². The van der Waals surface area contributed by atoms with Gasteiger partial charge in [-0.2, -0.15) is 13.2 Å². The van der Waals surface area contributed by atoms with Gasteiger partial charge < -0.3 is 9.84 Å². The van der Waals surface area contributed by atoms with Gasteiger partial charge in [0.2, 0.25) is 0 Å². The number of halogens is 7. The fourth-order valence-corrected chi connectivity index (χ4v) is 3.19. The SMILES string of the molecule is CCC(=O)CC(C)(C)O.Cc1nc2ccc(C(F)(F)F)nc2n1-c1ccc(OC(F)(F)F)c(Cl)c1. The quantitative estimate of drug-likeness (QED) is 0.389. The molecule has 0 unspecified atom stereocenters. The van der Waals surface area contributed by atoms with Crippen LogP contribution in [0.15, 0.2) is 30.3 Å². The summed E-state index contributed by atoms with van der Waals surface area (Å²) in [6.45, 7) is 6.60. The maximum atomic E-state index is 12.9. The number of hydrogen-bond acceptors (Lipinski definition) is 5. The Hall–Kier alpha value is -2.86. The summed E-state index contributed by atoms with van der Waals surface area (Å²) in [7, 11) is 0. The van der Waals surface area contributed by atoms with Gasteiger partial charge in [-0.05, 0) is 51.1 Å². The standard InChI is InChI=1S/C15H8ClF6N3O.C7H14O2/c1-7-23-10-3-5-12(14(17,18)19)24-13(10)25(7)8-2-4-11(9(16)6-8)26-15(20,21)22;1-4-6(8)5-7(2,3)9/h2-6H,1H3;9H,4-5H2,1-3H3. The van der Waals surface area contributed by atoms with E-state index in [0.29, 0.717) is 6.42 Å². The van der Waals surface area contributed by atoms with E-state index in [1.165, 1.54) is 17.6 Å². The highest BCUT2D eigenvalue weighted by Gasteiger charge is 2.34. The monoisotopic (exact) mass is 525 g/mol. The van der Waals surface area contributed by atoms with Crippen molar-refractivity contribution in [2.45, 2.75) is 58.7 Å². The molecule has 0 saturated heterocycles. The van der Waals surface area contributed by atoms with Gasteiger partial charge in [0.1, 0.15) is 28.6 Å². The maximum Gasteiger partial charge on any atom is 0.573 e. The number of Topliss-reactive ketones (excluding diaryl/α,β-unsaturated/α-hetero) is 1. The van der Waals surface area contributed by atoms with Crippen LogP contribution < -0.4 is 4.74 Å². The molecule has 13 heteroatoms. The lowest BCUT2D eigenvalue weighted by atomic mass is 10.0. The highest BCUT2D eigenvalue weighted by molar-refractivity contribution is 6.32. The molecule has 0 saturated carbocycles. The van der Waals surface area contributed by atoms with E-state index in [0.717, 1.165) is 24.3 Å². The first kappa shape index (κ1) is 28.4. The fourth-order valence-electron chi connectivity index (χ4n) is 2.98. The summed E-state index contributed by atoms with van der Waals surface area (Å²) < 4.78 is 80.6. The smallest absolute Gasteiger partial charge is 0.404 e. The van der Waals surface area contributed by atoms with Crippen molar-refractivity contribution in [1.29, 1.82) is 0 Å². The van der Waals surface area contributed by atoms with Gasteiger partial charge >= 0.3 is 12.5 Å². The highest BCUT2D eigenvalue weighted by Crippen LogP contribution is 2.34. The molecule has 0 bridgehead atoms. The third kappa shape index (κ3) is 8.10. The first-order valence-electron chi connectivity index (χ1n) is 10.1. The first-order chi connectivity index (χ1) is 15.9. The number of aromatic nitrogens is 3. The fraction of sp³-hybridized carbons (Fsp3) is 0.409. The minimum atomic E-state index is -4.92. The molecule has 2 aromatic heterocycles. The second kappa shape index (κ2) is 10.4. The molecule has 0 aliphatic rings. The molecule has 0 aliphatic heterocycles. The number of carbonyl (C=O) groups excluding carboxylic acids is 1. The van der Waals surface area contributed by atoms with E-state index < -0.39 is 29.6 Å². The zero-order valence-electron chi connectivity index (χ0n) is 19.1. The van der Waals surface area contributed by atoms with Gasteiger partial charge in [-0.1, -0.05) is 18.5 Å². The third-order valence-corrected chi connectivity index (χ3v) is 4.68. The minimum Gasteiger partial charge on any atom is -0.404 e. The van der Waals surface area contributed by atoms with E-state index >= 15 is 0 Å². The number of benzene rings is 1. The molecule has 6 nitrogen and oxygen atoms in total. The van der Waals surface area contributed by atoms with Crippen molar-refractivity contribution in [3.63, 3.8) is 0 Å². The molecular formula is C22H22ClF6N3O3. The lowest BCUT2D eigenvalue weighted by molar-refractivity contribution is -0.274. The van der Waals surface area contributed by atoms with Crippen molar-refractivity contribution >= 4 is 28.5 Å². The zero-order chi connectivity index (χ0) is 26.8. The van der Waals surface area contributed by atoms with Gasteiger partial charge in [0.15, 0.2) is 5.65 Å². The molecule has 192 valence electrons. The van der Waals surface area contributed by atoms with Crippen LogP contribution in [-0.4, -0.2) is 37.4 Å². The number of imidazole rings is 1. The molecular weight excluding hydrogens is 504 g/mol. The molecule has 2 heterocycles. The average molecular weight is 526 g/mol. The van der Waals surface area contributed by atoms with Crippen LogP contribution >= 0.6 is 11.6 Å². The number of alkyl halides is 6. The summed E-state index contributed by atoms with van der Waals surface area (Å²) in [5, 5.41) is 8.73. The number of aliphatic hydroxyl groups is 1. The lowest BCUT2D eigenvalue weighted by Gasteiger charge is -2.14. The molecule has 0 fully saturated rings. The van der Waals surface area contributed by atoms with Crippen molar-refractivity contribution in [2.75, 3.05) is 0 Å². The van der Waals surface area contributed by atoms with Crippen LogP contribution in [0.1, 0.15) is 45.1 Å². The Morgan fingerprint density at radius 2 is 1.71 bits per heavy atom. The Balaban J connectivity index is 0.000000410. The largest absolute Gasteiger partial charge is 0.573 e. The second-order valence-corrected chi connectivity index (χ2v) is 8.48. The normalized spacial score (nSPS) is 12.3. The van der Waals surface area contributed by atoms with E-state index in [9.17, 15) is 31.1 Å². The number of ether oxygens (including phenoxy) is 1. The molecule has 0 atom stereocenters. The van der Waals surface area contributed by atoms with Crippen molar-refractivity contribution in [3.05, 3.63) is 46.9 Å². The Kier molecular flexibility index (Phi) is 8.44. The van der Waals surface area contributed by atoms with Crippen molar-refractivity contribution in [2.24, 2.45) is 0 Å². The molecule has 35 heavy (non-hydrogen) atoms. The Morgan fingerprint density at radius 1 is 1.09 bits per heavy atom. The number of pyridine rings is 1. The van der Waals surface area contributed by atoms with Crippen LogP contribution in [0.4, 0.5) is 26.3 Å². The molecule has 0 amide bonds. The Labute approximate surface area is 201 Å². The first-order valence-corrected chi connectivity index (χ1v) is 10.5. The van der Waals surface area contributed by atoms with Gasteiger partial charge in [-0.3, -0.25) is 9.36 Å². The second-order valence-electron chi connectivity index (χ2n) is 8.08. The molecule has 1 aromatic carbocycles. The summed E-state index contributed by atoms with van der Waals surface area (Å²) in [6, 6.07) is 5.26. The topological polar surface area (TPSA) is 77.2 Å². The van der Waals surface area contributed by atoms with E-state index in [1.54, 1.807) is 20.8 Å². The lowest BCUT2D eigenvalue weighted by Crippen LogP contribution is -2.22. The number of rotatable bonds is 5. The van der Waals surface area contributed by atoms with Crippen molar-refractivity contribution < 1.29 is 41.0 Å². The summed E-state index contributed by atoms with van der Waals surface area (Å²) in [5.74, 6) is -0.233. The number of fused-ring (bicyclic) bond motifs is 1. The summed E-state index contributed by atoms with van der Waals surface area (Å²) in [5.41, 5.74) is -1.65. The van der Waals surface area contributed by atoms with Gasteiger partial charge in [-0.25, -0.2) is 9.97 Å². The summed E-state index contributed by atoms with van der Waals surface area (Å²) >= 11 is 5.80.